The Balaban J connectivity index is 4.36. The van der Waals surface area contributed by atoms with Crippen molar-refractivity contribution in [1.82, 2.24) is 0 Å². The maximum atomic E-state index is 11.7. The molecule has 23 heavy (non-hydrogen) atoms. The monoisotopic (exact) mass is 330 g/mol. The molecule has 0 N–H and O–H groups in total. The number of carbonyl (C=O) groups excluding carboxylic acids is 4. The summed E-state index contributed by atoms with van der Waals surface area (Å²) in [7, 11) is 2.47. The van der Waals surface area contributed by atoms with E-state index in [0.29, 0.717) is 0 Å². The number of esters is 4. The Labute approximate surface area is 134 Å². The molecule has 0 radical (unpaired) electrons. The van der Waals surface area contributed by atoms with Crippen molar-refractivity contribution in [2.75, 3.05) is 27.4 Å². The molecule has 8 nitrogen and oxygen atoms in total. The topological polar surface area (TPSA) is 105 Å². The van der Waals surface area contributed by atoms with Gasteiger partial charge >= 0.3 is 23.9 Å². The molecule has 130 valence electrons. The number of hydrogen-bond acceptors (Lipinski definition) is 8. The highest BCUT2D eigenvalue weighted by atomic mass is 16.6. The van der Waals surface area contributed by atoms with Crippen LogP contribution in [0.5, 0.6) is 0 Å². The van der Waals surface area contributed by atoms with Gasteiger partial charge in [-0.05, 0) is 20.8 Å². The Bertz CT molecular complexity index is 480. The molecule has 8 heteroatoms. The average molecular weight is 330 g/mol. The quantitative estimate of drug-likeness (QED) is 0.363. The third-order valence-corrected chi connectivity index (χ3v) is 2.80. The lowest BCUT2D eigenvalue weighted by atomic mass is 10.2. The van der Waals surface area contributed by atoms with E-state index in [1.54, 1.807) is 6.92 Å². The molecule has 0 aromatic rings. The molecule has 0 amide bonds. The smallest absolute Gasteiger partial charge is 0.333 e. The van der Waals surface area contributed by atoms with Gasteiger partial charge in [-0.3, -0.25) is 9.59 Å². The summed E-state index contributed by atoms with van der Waals surface area (Å²) in [4.78, 5) is 45.5. The van der Waals surface area contributed by atoms with Gasteiger partial charge in [0, 0.05) is 11.6 Å². The van der Waals surface area contributed by atoms with Crippen LogP contribution in [0.4, 0.5) is 0 Å². The van der Waals surface area contributed by atoms with Gasteiger partial charge in [-0.25, -0.2) is 9.59 Å². The molecule has 0 rings (SSSR count). The van der Waals surface area contributed by atoms with Gasteiger partial charge in [-0.15, -0.1) is 0 Å². The van der Waals surface area contributed by atoms with Crippen molar-refractivity contribution in [1.29, 1.82) is 0 Å². The third-order valence-electron chi connectivity index (χ3n) is 2.80. The molecule has 2 unspecified atom stereocenters. The zero-order chi connectivity index (χ0) is 18.0. The first-order valence-electron chi connectivity index (χ1n) is 6.90. The van der Waals surface area contributed by atoms with E-state index in [1.165, 1.54) is 28.1 Å². The van der Waals surface area contributed by atoms with E-state index in [0.717, 1.165) is 6.08 Å². The molecule has 0 aliphatic carbocycles. The molecule has 0 aliphatic heterocycles. The van der Waals surface area contributed by atoms with Crippen molar-refractivity contribution < 1.29 is 38.1 Å². The number of methoxy groups -OCH3 is 2. The van der Waals surface area contributed by atoms with E-state index < -0.39 is 35.7 Å². The molecule has 0 bridgehead atoms. The first-order valence-corrected chi connectivity index (χ1v) is 6.90. The van der Waals surface area contributed by atoms with E-state index in [1.807, 2.05) is 0 Å². The summed E-state index contributed by atoms with van der Waals surface area (Å²) in [6.45, 7) is 4.13. The highest BCUT2D eigenvalue weighted by Gasteiger charge is 2.18. The van der Waals surface area contributed by atoms with Crippen LogP contribution >= 0.6 is 0 Å². The molecule has 0 spiro atoms. The van der Waals surface area contributed by atoms with E-state index in [9.17, 15) is 19.2 Å². The van der Waals surface area contributed by atoms with Crippen molar-refractivity contribution in [2.45, 2.75) is 20.8 Å². The number of hydrogen-bond donors (Lipinski definition) is 0. The summed E-state index contributed by atoms with van der Waals surface area (Å²) in [6, 6.07) is 0. The molecule has 0 saturated heterocycles. The highest BCUT2D eigenvalue weighted by molar-refractivity contribution is 5.96. The second-order valence-electron chi connectivity index (χ2n) is 4.90. The SMILES string of the molecule is COC(=O)C(C)COC(=O)/C=C(/C)C(=O)OCC(C)C(=O)OC. The van der Waals surface area contributed by atoms with E-state index in [-0.39, 0.29) is 18.8 Å². The largest absolute Gasteiger partial charge is 0.469 e. The Hall–Kier alpha value is -2.38. The van der Waals surface area contributed by atoms with Gasteiger partial charge in [0.25, 0.3) is 0 Å². The van der Waals surface area contributed by atoms with Gasteiger partial charge in [0.1, 0.15) is 13.2 Å². The summed E-state index contributed by atoms with van der Waals surface area (Å²) in [5, 5.41) is 0. The van der Waals surface area contributed by atoms with Crippen LogP contribution in [0.15, 0.2) is 11.6 Å². The minimum absolute atomic E-state index is 0.0118. The molecule has 0 fully saturated rings. The Morgan fingerprint density at radius 3 is 1.74 bits per heavy atom. The molecular weight excluding hydrogens is 308 g/mol. The zero-order valence-corrected chi connectivity index (χ0v) is 13.9. The van der Waals surface area contributed by atoms with Crippen molar-refractivity contribution in [3.8, 4) is 0 Å². The van der Waals surface area contributed by atoms with Gasteiger partial charge in [-0.1, -0.05) is 0 Å². The second kappa shape index (κ2) is 10.4. The van der Waals surface area contributed by atoms with Crippen molar-refractivity contribution in [2.24, 2.45) is 11.8 Å². The fraction of sp³-hybridized carbons (Fsp3) is 0.600. The van der Waals surface area contributed by atoms with Gasteiger partial charge in [0.2, 0.25) is 0 Å². The minimum Gasteiger partial charge on any atom is -0.469 e. The lowest BCUT2D eigenvalue weighted by Gasteiger charge is -2.10. The first-order chi connectivity index (χ1) is 10.7. The molecule has 2 atom stereocenters. The summed E-state index contributed by atoms with van der Waals surface area (Å²) in [5.74, 6) is -3.75. The van der Waals surface area contributed by atoms with Crippen LogP contribution in [0.3, 0.4) is 0 Å². The predicted octanol–water partition coefficient (Wildman–Crippen LogP) is 0.637. The van der Waals surface area contributed by atoms with Crippen LogP contribution in [0, 0.1) is 11.8 Å². The number of carbonyl (C=O) groups is 4. The zero-order valence-electron chi connectivity index (χ0n) is 13.9. The molecule has 0 heterocycles. The van der Waals surface area contributed by atoms with Crippen molar-refractivity contribution in [3.05, 3.63) is 11.6 Å². The second-order valence-corrected chi connectivity index (χ2v) is 4.90. The Morgan fingerprint density at radius 1 is 0.870 bits per heavy atom. The fourth-order valence-electron chi connectivity index (χ4n) is 1.34. The Kier molecular flexibility index (Phi) is 9.29. The third kappa shape index (κ3) is 7.98. The fourth-order valence-corrected chi connectivity index (χ4v) is 1.34. The van der Waals surface area contributed by atoms with E-state index in [2.05, 4.69) is 9.47 Å². The highest BCUT2D eigenvalue weighted by Crippen LogP contribution is 2.04. The van der Waals surface area contributed by atoms with Crippen molar-refractivity contribution in [3.63, 3.8) is 0 Å². The summed E-state index contributed by atoms with van der Waals surface area (Å²) < 4.78 is 18.7. The van der Waals surface area contributed by atoms with E-state index in [4.69, 9.17) is 9.47 Å². The standard InChI is InChI=1S/C15H22O8/c1-9(15(19)23-8-11(3)14(18)21-5)6-12(16)22-7-10(2)13(17)20-4/h6,10-11H,7-8H2,1-5H3/b9-6-. The molecule has 0 saturated carbocycles. The van der Waals surface area contributed by atoms with Crippen molar-refractivity contribution >= 4 is 23.9 Å². The van der Waals surface area contributed by atoms with Gasteiger partial charge in [0.05, 0.1) is 26.1 Å². The maximum absolute atomic E-state index is 11.7. The number of rotatable bonds is 8. The maximum Gasteiger partial charge on any atom is 0.333 e. The van der Waals surface area contributed by atoms with Crippen LogP contribution in [0.25, 0.3) is 0 Å². The summed E-state index contributed by atoms with van der Waals surface area (Å²) in [6.07, 6.45) is 0.954. The van der Waals surface area contributed by atoms with Gasteiger partial charge in [0.15, 0.2) is 0 Å². The normalized spacial score (nSPS) is 13.5. The minimum atomic E-state index is -0.781. The predicted molar refractivity (Wildman–Crippen MR) is 78.0 cm³/mol. The van der Waals surface area contributed by atoms with Crippen LogP contribution in [-0.2, 0) is 38.1 Å². The summed E-state index contributed by atoms with van der Waals surface area (Å²) in [5.41, 5.74) is 0.0118. The molecular formula is C15H22O8. The van der Waals surface area contributed by atoms with Crippen LogP contribution < -0.4 is 0 Å². The van der Waals surface area contributed by atoms with Gasteiger partial charge < -0.3 is 18.9 Å². The molecule has 0 aromatic carbocycles. The van der Waals surface area contributed by atoms with Crippen LogP contribution in [-0.4, -0.2) is 51.3 Å². The lowest BCUT2D eigenvalue weighted by Crippen LogP contribution is -2.22. The first kappa shape index (κ1) is 20.6. The van der Waals surface area contributed by atoms with Gasteiger partial charge in [-0.2, -0.15) is 0 Å². The lowest BCUT2D eigenvalue weighted by molar-refractivity contribution is -0.152. The summed E-state index contributed by atoms with van der Waals surface area (Å²) >= 11 is 0. The average Bonchev–Trinajstić information content (AvgIpc) is 2.55. The van der Waals surface area contributed by atoms with Crippen LogP contribution in [0.1, 0.15) is 20.8 Å². The molecule has 0 aromatic heterocycles. The van der Waals surface area contributed by atoms with Crippen LogP contribution in [0.2, 0.25) is 0 Å². The molecule has 0 aliphatic rings. The van der Waals surface area contributed by atoms with E-state index >= 15 is 0 Å². The number of ether oxygens (including phenoxy) is 4. The Morgan fingerprint density at radius 2 is 1.30 bits per heavy atom.